The number of benzene rings is 2. The molecule has 2 unspecified atom stereocenters. The van der Waals surface area contributed by atoms with Crippen LogP contribution in [0.2, 0.25) is 0 Å². The summed E-state index contributed by atoms with van der Waals surface area (Å²) in [6.45, 7) is 1.91. The first-order valence-electron chi connectivity index (χ1n) is 9.04. The lowest BCUT2D eigenvalue weighted by atomic mass is 9.88. The van der Waals surface area contributed by atoms with E-state index in [4.69, 9.17) is 14.2 Å². The van der Waals surface area contributed by atoms with Gasteiger partial charge in [-0.2, -0.15) is 0 Å². The summed E-state index contributed by atoms with van der Waals surface area (Å²) >= 11 is 0. The maximum atomic E-state index is 14.6. The van der Waals surface area contributed by atoms with E-state index in [0.717, 1.165) is 16.9 Å². The van der Waals surface area contributed by atoms with Crippen LogP contribution < -0.4 is 4.74 Å². The molecular weight excluding hydrogens is 351 g/mol. The Morgan fingerprint density at radius 3 is 2.63 bits per heavy atom. The van der Waals surface area contributed by atoms with E-state index >= 15 is 0 Å². The van der Waals surface area contributed by atoms with Crippen LogP contribution in [0, 0.1) is 5.82 Å². The van der Waals surface area contributed by atoms with Gasteiger partial charge in [0.1, 0.15) is 17.7 Å². The predicted molar refractivity (Wildman–Crippen MR) is 95.8 cm³/mol. The van der Waals surface area contributed by atoms with Crippen molar-refractivity contribution in [2.75, 3.05) is 7.11 Å². The third-order valence-electron chi connectivity index (χ3n) is 5.43. The molecule has 2 aromatic carbocycles. The van der Waals surface area contributed by atoms with Crippen molar-refractivity contribution in [1.29, 1.82) is 0 Å². The molecule has 6 heteroatoms. The van der Waals surface area contributed by atoms with Crippen molar-refractivity contribution < 1.29 is 28.8 Å². The van der Waals surface area contributed by atoms with Gasteiger partial charge in [0.05, 0.1) is 25.9 Å². The summed E-state index contributed by atoms with van der Waals surface area (Å²) in [4.78, 5) is 0. The van der Waals surface area contributed by atoms with Crippen LogP contribution in [-0.2, 0) is 28.3 Å². The molecule has 1 saturated heterocycles. The Bertz CT molecular complexity index is 823. The van der Waals surface area contributed by atoms with Gasteiger partial charge in [-0.15, -0.1) is 0 Å². The smallest absolute Gasteiger partial charge is 0.198 e. The first-order chi connectivity index (χ1) is 12.9. The normalized spacial score (nSPS) is 29.7. The Labute approximate surface area is 157 Å². The molecule has 2 aliphatic rings. The molecule has 1 fully saturated rings. The van der Waals surface area contributed by atoms with Crippen molar-refractivity contribution in [3.8, 4) is 5.75 Å². The monoisotopic (exact) mass is 374 g/mol. The topological polar surface area (TPSA) is 68.2 Å². The summed E-state index contributed by atoms with van der Waals surface area (Å²) in [5.74, 6) is -0.692. The van der Waals surface area contributed by atoms with E-state index in [-0.39, 0.29) is 18.8 Å². The summed E-state index contributed by atoms with van der Waals surface area (Å²) in [5.41, 5.74) is 2.92. The van der Waals surface area contributed by atoms with Crippen molar-refractivity contribution in [3.05, 3.63) is 64.5 Å². The van der Waals surface area contributed by atoms with Crippen LogP contribution in [0.15, 0.2) is 36.4 Å². The van der Waals surface area contributed by atoms with Crippen LogP contribution in [0.3, 0.4) is 0 Å². The van der Waals surface area contributed by atoms with Gasteiger partial charge < -0.3 is 24.4 Å². The quantitative estimate of drug-likeness (QED) is 0.865. The molecule has 0 amide bonds. The van der Waals surface area contributed by atoms with Gasteiger partial charge >= 0.3 is 0 Å². The van der Waals surface area contributed by atoms with Gasteiger partial charge in [0, 0.05) is 18.4 Å². The second kappa shape index (κ2) is 6.87. The summed E-state index contributed by atoms with van der Waals surface area (Å²) in [6, 6.07) is 10.7. The second-order valence-electron chi connectivity index (χ2n) is 7.25. The first kappa shape index (κ1) is 18.4. The highest BCUT2D eigenvalue weighted by Crippen LogP contribution is 2.46. The lowest BCUT2D eigenvalue weighted by Gasteiger charge is -2.42. The van der Waals surface area contributed by atoms with Crippen molar-refractivity contribution in [2.24, 2.45) is 0 Å². The zero-order chi connectivity index (χ0) is 19.2. The molecular formula is C21H23FO5. The lowest BCUT2D eigenvalue weighted by molar-refractivity contribution is -0.318. The van der Waals surface area contributed by atoms with E-state index in [2.05, 4.69) is 0 Å². The van der Waals surface area contributed by atoms with Crippen LogP contribution in [0.1, 0.15) is 35.6 Å². The number of ether oxygens (including phenoxy) is 3. The molecule has 4 rings (SSSR count). The fourth-order valence-corrected chi connectivity index (χ4v) is 3.90. The van der Waals surface area contributed by atoms with E-state index in [1.807, 2.05) is 24.3 Å². The number of aliphatic hydroxyl groups excluding tert-OH is 2. The average Bonchev–Trinajstić information content (AvgIpc) is 2.97. The van der Waals surface area contributed by atoms with E-state index < -0.39 is 24.1 Å². The highest BCUT2D eigenvalue weighted by atomic mass is 19.1. The highest BCUT2D eigenvalue weighted by molar-refractivity contribution is 5.41. The maximum Gasteiger partial charge on any atom is 0.198 e. The molecule has 2 heterocycles. The van der Waals surface area contributed by atoms with Crippen molar-refractivity contribution in [2.45, 2.75) is 50.5 Å². The summed E-state index contributed by atoms with van der Waals surface area (Å²) in [6.07, 6.45) is -1.99. The first-order valence-corrected chi connectivity index (χ1v) is 9.04. The third kappa shape index (κ3) is 3.23. The summed E-state index contributed by atoms with van der Waals surface area (Å²) in [7, 11) is 1.60. The Kier molecular flexibility index (Phi) is 4.68. The Balaban J connectivity index is 1.66. The number of methoxy groups -OCH3 is 1. The molecule has 2 N–H and O–H groups in total. The van der Waals surface area contributed by atoms with E-state index in [0.29, 0.717) is 17.5 Å². The van der Waals surface area contributed by atoms with Crippen LogP contribution in [0.4, 0.5) is 4.39 Å². The SMILES string of the molecule is COc1ccc(Cc2cc3c(cc2F)CO[C@@]32CC(O)[C@H](O)C(C)O2)cc1. The van der Waals surface area contributed by atoms with Crippen LogP contribution in [-0.4, -0.2) is 35.6 Å². The molecule has 27 heavy (non-hydrogen) atoms. The lowest BCUT2D eigenvalue weighted by Crippen LogP contribution is -2.52. The van der Waals surface area contributed by atoms with Crippen LogP contribution >= 0.6 is 0 Å². The van der Waals surface area contributed by atoms with E-state index in [9.17, 15) is 14.6 Å². The molecule has 2 aliphatic heterocycles. The van der Waals surface area contributed by atoms with Gasteiger partial charge in [0.25, 0.3) is 0 Å². The van der Waals surface area contributed by atoms with E-state index in [1.54, 1.807) is 20.1 Å². The van der Waals surface area contributed by atoms with Crippen molar-refractivity contribution in [3.63, 3.8) is 0 Å². The highest BCUT2D eigenvalue weighted by Gasteiger charge is 2.50. The van der Waals surface area contributed by atoms with Crippen LogP contribution in [0.25, 0.3) is 0 Å². The molecule has 144 valence electrons. The van der Waals surface area contributed by atoms with Gasteiger partial charge in [-0.25, -0.2) is 4.39 Å². The summed E-state index contributed by atoms with van der Waals surface area (Å²) in [5, 5.41) is 20.2. The van der Waals surface area contributed by atoms with Gasteiger partial charge in [0.2, 0.25) is 0 Å². The number of aliphatic hydroxyl groups is 2. The third-order valence-corrected chi connectivity index (χ3v) is 5.43. The average molecular weight is 374 g/mol. The minimum Gasteiger partial charge on any atom is -0.497 e. The largest absolute Gasteiger partial charge is 0.497 e. The fraction of sp³-hybridized carbons (Fsp3) is 0.429. The molecule has 0 saturated carbocycles. The predicted octanol–water partition coefficient (Wildman–Crippen LogP) is 2.64. The number of fused-ring (bicyclic) bond motifs is 2. The van der Waals surface area contributed by atoms with E-state index in [1.165, 1.54) is 6.07 Å². The zero-order valence-corrected chi connectivity index (χ0v) is 15.3. The minimum absolute atomic E-state index is 0.110. The molecule has 2 aromatic rings. The molecule has 0 radical (unpaired) electrons. The zero-order valence-electron chi connectivity index (χ0n) is 15.3. The van der Waals surface area contributed by atoms with Gasteiger partial charge in [-0.3, -0.25) is 0 Å². The molecule has 0 aliphatic carbocycles. The molecule has 5 nitrogen and oxygen atoms in total. The maximum absolute atomic E-state index is 14.6. The van der Waals surface area contributed by atoms with Gasteiger partial charge in [-0.05, 0) is 47.9 Å². The molecule has 0 bridgehead atoms. The van der Waals surface area contributed by atoms with Gasteiger partial charge in [-0.1, -0.05) is 12.1 Å². The Morgan fingerprint density at radius 1 is 1.22 bits per heavy atom. The second-order valence-corrected chi connectivity index (χ2v) is 7.25. The number of halogens is 1. The van der Waals surface area contributed by atoms with Crippen molar-refractivity contribution >= 4 is 0 Å². The number of hydrogen-bond acceptors (Lipinski definition) is 5. The number of hydrogen-bond donors (Lipinski definition) is 2. The van der Waals surface area contributed by atoms with Crippen molar-refractivity contribution in [1.82, 2.24) is 0 Å². The standard InChI is InChI=1S/C21H23FO5/c1-12-20(24)19(23)10-21(27-12)17-8-14(18(22)9-15(17)11-26-21)7-13-3-5-16(25-2)6-4-13/h3-6,8-9,12,19-20,23-24H,7,10-11H2,1-2H3/t12?,19?,20-,21-/m1/s1. The number of rotatable bonds is 3. The Morgan fingerprint density at radius 2 is 1.96 bits per heavy atom. The fourth-order valence-electron chi connectivity index (χ4n) is 3.90. The Hall–Kier alpha value is -1.99. The van der Waals surface area contributed by atoms with Gasteiger partial charge in [0.15, 0.2) is 5.79 Å². The summed E-state index contributed by atoms with van der Waals surface area (Å²) < 4.78 is 31.6. The van der Waals surface area contributed by atoms with Crippen LogP contribution in [0.5, 0.6) is 5.75 Å². The molecule has 0 aromatic heterocycles. The molecule has 4 atom stereocenters. The minimum atomic E-state index is -1.14. The molecule has 1 spiro atoms.